The molecule has 42 heavy (non-hydrogen) atoms. The van der Waals surface area contributed by atoms with E-state index in [2.05, 4.69) is 4.90 Å². The van der Waals surface area contributed by atoms with E-state index < -0.39 is 23.5 Å². The maximum Gasteiger partial charge on any atom is 0.419 e. The van der Waals surface area contributed by atoms with Gasteiger partial charge in [0.2, 0.25) is 0 Å². The lowest BCUT2D eigenvalue weighted by molar-refractivity contribution is -0.140. The second-order valence-electron chi connectivity index (χ2n) is 11.1. The first-order valence-electron chi connectivity index (χ1n) is 13.9. The van der Waals surface area contributed by atoms with Gasteiger partial charge >= 0.3 is 12.1 Å². The van der Waals surface area contributed by atoms with E-state index >= 15 is 4.39 Å². The molecule has 0 atom stereocenters. The molecule has 0 saturated carbocycles. The number of likely N-dealkylation sites (tertiary alicyclic amines) is 1. The van der Waals surface area contributed by atoms with Gasteiger partial charge < -0.3 is 10.0 Å². The Bertz CT molecular complexity index is 1480. The van der Waals surface area contributed by atoms with Crippen LogP contribution in [-0.2, 0) is 19.0 Å². The molecule has 1 fully saturated rings. The number of hydrogen-bond donors (Lipinski definition) is 1. The Kier molecular flexibility index (Phi) is 9.78. The van der Waals surface area contributed by atoms with Crippen LogP contribution in [0.2, 0.25) is 0 Å². The zero-order valence-electron chi connectivity index (χ0n) is 23.2. The number of aromatic carboxylic acids is 1. The molecular weight excluding hydrogens is 573 g/mol. The molecule has 1 aliphatic carbocycles. The molecule has 1 N–H and O–H groups in total. The predicted octanol–water partition coefficient (Wildman–Crippen LogP) is 8.40. The molecule has 0 amide bonds. The Morgan fingerprint density at radius 1 is 1.00 bits per heavy atom. The molecular formula is C33H33ClF5NO2. The summed E-state index contributed by atoms with van der Waals surface area (Å²) in [6.45, 7) is 3.72. The molecule has 1 heterocycles. The standard InChI is InChI=1S/C33H32F5NO2.ClH/c1-20-26(12-13-29(31(20)35)33(36,37)38)28-5-2-4-24-17-25(32(40)41)10-11-27(24)30(28)23-8-6-21(7-9-23)16-22-18-39(19-22)15-3-14-34;/h6-13,17,22H,2-5,14-16,18-19H2,1H3,(H,40,41);1H. The molecule has 9 heteroatoms. The number of fused-ring (bicyclic) bond motifs is 1. The van der Waals surface area contributed by atoms with Crippen LogP contribution in [0.5, 0.6) is 0 Å². The van der Waals surface area contributed by atoms with Crippen molar-refractivity contribution in [3.05, 3.63) is 105 Å². The highest BCUT2D eigenvalue weighted by molar-refractivity contribution is 6.01. The minimum absolute atomic E-state index is 0. The van der Waals surface area contributed by atoms with Crippen LogP contribution in [0.15, 0.2) is 54.6 Å². The summed E-state index contributed by atoms with van der Waals surface area (Å²) in [6, 6.07) is 15.2. The van der Waals surface area contributed by atoms with Gasteiger partial charge in [0.05, 0.1) is 17.8 Å². The van der Waals surface area contributed by atoms with Crippen LogP contribution in [0.25, 0.3) is 11.1 Å². The van der Waals surface area contributed by atoms with Crippen LogP contribution in [0.4, 0.5) is 22.0 Å². The van der Waals surface area contributed by atoms with Crippen molar-refractivity contribution in [3.8, 4) is 0 Å². The number of halogens is 6. The Morgan fingerprint density at radius 2 is 1.69 bits per heavy atom. The van der Waals surface area contributed by atoms with Gasteiger partial charge in [0, 0.05) is 19.6 Å². The molecule has 1 aliphatic heterocycles. The molecule has 3 aromatic rings. The highest BCUT2D eigenvalue weighted by Crippen LogP contribution is 2.43. The molecule has 1 saturated heterocycles. The summed E-state index contributed by atoms with van der Waals surface area (Å²) < 4.78 is 67.8. The van der Waals surface area contributed by atoms with Crippen molar-refractivity contribution in [3.63, 3.8) is 0 Å². The zero-order valence-corrected chi connectivity index (χ0v) is 24.1. The first-order valence-corrected chi connectivity index (χ1v) is 13.9. The fourth-order valence-corrected chi connectivity index (χ4v) is 6.16. The predicted molar refractivity (Wildman–Crippen MR) is 156 cm³/mol. The van der Waals surface area contributed by atoms with Gasteiger partial charge in [0.15, 0.2) is 0 Å². The number of carbonyl (C=O) groups is 1. The number of carboxylic acids is 1. The van der Waals surface area contributed by atoms with Crippen LogP contribution in [0.3, 0.4) is 0 Å². The van der Waals surface area contributed by atoms with Crippen molar-refractivity contribution in [2.45, 2.75) is 45.2 Å². The van der Waals surface area contributed by atoms with Gasteiger partial charge in [-0.1, -0.05) is 36.4 Å². The van der Waals surface area contributed by atoms with E-state index in [4.69, 9.17) is 0 Å². The summed E-state index contributed by atoms with van der Waals surface area (Å²) in [5, 5.41) is 9.55. The molecule has 0 radical (unpaired) electrons. The Morgan fingerprint density at radius 3 is 2.33 bits per heavy atom. The molecule has 0 bridgehead atoms. The van der Waals surface area contributed by atoms with Crippen LogP contribution >= 0.6 is 12.4 Å². The maximum absolute atomic E-state index is 15.1. The van der Waals surface area contributed by atoms with Crippen molar-refractivity contribution in [2.75, 3.05) is 26.3 Å². The number of nitrogens with zero attached hydrogens (tertiary/aromatic N) is 1. The second kappa shape index (κ2) is 13.0. The highest BCUT2D eigenvalue weighted by atomic mass is 35.5. The summed E-state index contributed by atoms with van der Waals surface area (Å²) in [5.41, 5.74) is 4.40. The third-order valence-electron chi connectivity index (χ3n) is 8.22. The normalized spacial score (nSPS) is 16.0. The first kappa shape index (κ1) is 31.7. The van der Waals surface area contributed by atoms with E-state index in [0.717, 1.165) is 65.5 Å². The highest BCUT2D eigenvalue weighted by Gasteiger charge is 2.35. The molecule has 3 aromatic carbocycles. The number of benzene rings is 3. The quantitative estimate of drug-likeness (QED) is 0.262. The smallest absolute Gasteiger partial charge is 0.419 e. The van der Waals surface area contributed by atoms with Gasteiger partial charge in [0.25, 0.3) is 0 Å². The van der Waals surface area contributed by atoms with E-state index in [9.17, 15) is 27.5 Å². The molecule has 5 rings (SSSR count). The largest absolute Gasteiger partial charge is 0.478 e. The fourth-order valence-electron chi connectivity index (χ4n) is 6.16. The van der Waals surface area contributed by atoms with Crippen LogP contribution in [-0.4, -0.2) is 42.3 Å². The number of carboxylic acid groups (broad SMARTS) is 1. The number of hydrogen-bond acceptors (Lipinski definition) is 2. The fraction of sp³-hybridized carbons (Fsp3) is 0.364. The van der Waals surface area contributed by atoms with E-state index in [1.165, 1.54) is 19.1 Å². The summed E-state index contributed by atoms with van der Waals surface area (Å²) >= 11 is 0. The van der Waals surface area contributed by atoms with Crippen molar-refractivity contribution >= 4 is 29.5 Å². The number of allylic oxidation sites excluding steroid dienone is 1. The minimum Gasteiger partial charge on any atom is -0.478 e. The van der Waals surface area contributed by atoms with Crippen LogP contribution in [0, 0.1) is 18.7 Å². The van der Waals surface area contributed by atoms with E-state index in [0.29, 0.717) is 37.2 Å². The van der Waals surface area contributed by atoms with E-state index in [1.807, 2.05) is 24.3 Å². The summed E-state index contributed by atoms with van der Waals surface area (Å²) in [4.78, 5) is 13.9. The van der Waals surface area contributed by atoms with Crippen molar-refractivity contribution in [1.82, 2.24) is 4.90 Å². The Balaban J connectivity index is 0.00000405. The van der Waals surface area contributed by atoms with Gasteiger partial charge in [-0.05, 0) is 108 Å². The second-order valence-corrected chi connectivity index (χ2v) is 11.1. The number of alkyl halides is 4. The Hall–Kier alpha value is -3.23. The summed E-state index contributed by atoms with van der Waals surface area (Å²) in [7, 11) is 0. The van der Waals surface area contributed by atoms with E-state index in [1.54, 1.807) is 12.1 Å². The van der Waals surface area contributed by atoms with Gasteiger partial charge in [-0.15, -0.1) is 12.4 Å². The third kappa shape index (κ3) is 6.55. The van der Waals surface area contributed by atoms with Crippen molar-refractivity contribution in [1.29, 1.82) is 0 Å². The van der Waals surface area contributed by atoms with Crippen molar-refractivity contribution < 1.29 is 31.9 Å². The summed E-state index contributed by atoms with van der Waals surface area (Å²) in [5.74, 6) is -1.81. The molecule has 224 valence electrons. The topological polar surface area (TPSA) is 40.5 Å². The average molecular weight is 606 g/mol. The van der Waals surface area contributed by atoms with Gasteiger partial charge in [-0.2, -0.15) is 13.2 Å². The van der Waals surface area contributed by atoms with Gasteiger partial charge in [0.1, 0.15) is 5.82 Å². The lowest BCUT2D eigenvalue weighted by atomic mass is 9.84. The number of rotatable bonds is 8. The van der Waals surface area contributed by atoms with Crippen LogP contribution in [0.1, 0.15) is 68.6 Å². The van der Waals surface area contributed by atoms with Gasteiger partial charge in [-0.25, -0.2) is 9.18 Å². The summed E-state index contributed by atoms with van der Waals surface area (Å²) in [6.07, 6.45) is -1.64. The van der Waals surface area contributed by atoms with Gasteiger partial charge in [-0.3, -0.25) is 4.39 Å². The molecule has 2 aliphatic rings. The van der Waals surface area contributed by atoms with Crippen LogP contribution < -0.4 is 0 Å². The molecule has 0 spiro atoms. The van der Waals surface area contributed by atoms with Crippen molar-refractivity contribution in [2.24, 2.45) is 5.92 Å². The third-order valence-corrected chi connectivity index (χ3v) is 8.22. The first-order chi connectivity index (χ1) is 19.6. The zero-order chi connectivity index (χ0) is 29.3. The Labute approximate surface area is 248 Å². The average Bonchev–Trinajstić information content (AvgIpc) is 3.10. The number of aryl methyl sites for hydroxylation is 1. The lowest BCUT2D eigenvalue weighted by Crippen LogP contribution is -2.47. The molecule has 0 unspecified atom stereocenters. The molecule has 3 nitrogen and oxygen atoms in total. The molecule has 0 aromatic heterocycles. The SMILES string of the molecule is Cc1c(C2=C(c3ccc(CC4CN(CCCF)C4)cc3)c3ccc(C(=O)O)cc3CCC2)ccc(C(F)(F)F)c1F.Cl. The van der Waals surface area contributed by atoms with E-state index in [-0.39, 0.29) is 30.2 Å². The monoisotopic (exact) mass is 605 g/mol. The maximum atomic E-state index is 15.1. The lowest BCUT2D eigenvalue weighted by Gasteiger charge is -2.39. The minimum atomic E-state index is -4.80.